The molecule has 1 aromatic carbocycles. The minimum absolute atomic E-state index is 0.117. The number of amides is 2. The third-order valence-corrected chi connectivity index (χ3v) is 6.99. The van der Waals surface area contributed by atoms with E-state index in [1.807, 2.05) is 24.3 Å². The van der Waals surface area contributed by atoms with E-state index in [-0.39, 0.29) is 12.1 Å². The van der Waals surface area contributed by atoms with Gasteiger partial charge in [-0.1, -0.05) is 26.0 Å². The molecule has 1 fully saturated rings. The summed E-state index contributed by atoms with van der Waals surface area (Å²) in [7, 11) is -3.36. The maximum Gasteiger partial charge on any atom is 0.321 e. The minimum atomic E-state index is -3.36. The zero-order valence-electron chi connectivity index (χ0n) is 16.4. The second-order valence-corrected chi connectivity index (χ2v) is 10.7. The Morgan fingerprint density at radius 2 is 1.65 bits per heavy atom. The largest absolute Gasteiger partial charge is 0.324 e. The van der Waals surface area contributed by atoms with Gasteiger partial charge in [0.1, 0.15) is 0 Å². The van der Waals surface area contributed by atoms with Crippen LogP contribution < -0.4 is 10.0 Å². The van der Waals surface area contributed by atoms with Crippen LogP contribution in [0.1, 0.15) is 58.9 Å². The van der Waals surface area contributed by atoms with Crippen LogP contribution in [0.25, 0.3) is 0 Å². The number of likely N-dealkylation sites (tertiary alicyclic amines) is 1. The van der Waals surface area contributed by atoms with E-state index < -0.39 is 14.8 Å². The van der Waals surface area contributed by atoms with Gasteiger partial charge in [-0.15, -0.1) is 0 Å². The molecule has 1 aliphatic rings. The second kappa shape index (κ2) is 7.96. The Balaban J connectivity index is 1.86. The van der Waals surface area contributed by atoms with Crippen molar-refractivity contribution < 1.29 is 13.2 Å². The second-order valence-electron chi connectivity index (χ2n) is 8.20. The minimum Gasteiger partial charge on any atom is -0.324 e. The molecule has 0 bridgehead atoms. The smallest absolute Gasteiger partial charge is 0.321 e. The van der Waals surface area contributed by atoms with Crippen LogP contribution in [0.2, 0.25) is 0 Å². The highest BCUT2D eigenvalue weighted by Gasteiger charge is 2.33. The number of piperidine rings is 1. The van der Waals surface area contributed by atoms with Crippen LogP contribution in [0, 0.1) is 0 Å². The fourth-order valence-corrected chi connectivity index (χ4v) is 3.78. The number of urea groups is 1. The van der Waals surface area contributed by atoms with Crippen molar-refractivity contribution in [1.29, 1.82) is 0 Å². The van der Waals surface area contributed by atoms with Crippen molar-refractivity contribution in [1.82, 2.24) is 9.62 Å². The molecule has 1 aromatic rings. The monoisotopic (exact) mass is 381 g/mol. The zero-order valence-corrected chi connectivity index (χ0v) is 17.2. The topological polar surface area (TPSA) is 78.5 Å². The van der Waals surface area contributed by atoms with E-state index in [4.69, 9.17) is 0 Å². The van der Waals surface area contributed by atoms with E-state index in [0.717, 1.165) is 5.69 Å². The van der Waals surface area contributed by atoms with Crippen LogP contribution in [0.5, 0.6) is 0 Å². The van der Waals surface area contributed by atoms with Crippen molar-refractivity contribution >= 4 is 21.7 Å². The van der Waals surface area contributed by atoms with Gasteiger partial charge in [0, 0.05) is 24.8 Å². The Kier molecular flexibility index (Phi) is 6.34. The van der Waals surface area contributed by atoms with Crippen molar-refractivity contribution in [2.24, 2.45) is 0 Å². The van der Waals surface area contributed by atoms with Gasteiger partial charge in [0.05, 0.1) is 4.75 Å². The van der Waals surface area contributed by atoms with E-state index in [1.165, 1.54) is 5.56 Å². The first kappa shape index (κ1) is 20.7. The maximum absolute atomic E-state index is 12.4. The SMILES string of the molecule is CC(C)c1ccc(NC(=O)N2CCC(NS(=O)(=O)C(C)(C)C)CC2)cc1. The van der Waals surface area contributed by atoms with Crippen molar-refractivity contribution in [3.8, 4) is 0 Å². The molecule has 2 amide bonds. The summed E-state index contributed by atoms with van der Waals surface area (Å²) in [5, 5.41) is 2.91. The molecule has 6 nitrogen and oxygen atoms in total. The van der Waals surface area contributed by atoms with Crippen LogP contribution in [0.15, 0.2) is 24.3 Å². The van der Waals surface area contributed by atoms with Crippen molar-refractivity contribution in [3.63, 3.8) is 0 Å². The molecule has 146 valence electrons. The van der Waals surface area contributed by atoms with Gasteiger partial charge in [0.25, 0.3) is 0 Å². The van der Waals surface area contributed by atoms with Gasteiger partial charge >= 0.3 is 6.03 Å². The highest BCUT2D eigenvalue weighted by molar-refractivity contribution is 7.90. The molecule has 7 heteroatoms. The van der Waals surface area contributed by atoms with Crippen LogP contribution in [0.4, 0.5) is 10.5 Å². The van der Waals surface area contributed by atoms with Gasteiger partial charge in [-0.3, -0.25) is 0 Å². The number of rotatable bonds is 4. The lowest BCUT2D eigenvalue weighted by molar-refractivity contribution is 0.193. The highest BCUT2D eigenvalue weighted by Crippen LogP contribution is 2.20. The number of carbonyl (C=O) groups is 1. The van der Waals surface area contributed by atoms with E-state index >= 15 is 0 Å². The molecule has 0 aliphatic carbocycles. The lowest BCUT2D eigenvalue weighted by Crippen LogP contribution is -2.50. The number of benzene rings is 1. The van der Waals surface area contributed by atoms with Crippen molar-refractivity contribution in [2.75, 3.05) is 18.4 Å². The van der Waals surface area contributed by atoms with E-state index in [1.54, 1.807) is 25.7 Å². The number of sulfonamides is 1. The molecule has 1 aliphatic heterocycles. The first-order chi connectivity index (χ1) is 12.0. The van der Waals surface area contributed by atoms with Crippen LogP contribution in [-0.2, 0) is 10.0 Å². The average Bonchev–Trinajstić information content (AvgIpc) is 2.54. The molecule has 1 heterocycles. The Morgan fingerprint density at radius 3 is 2.12 bits per heavy atom. The lowest BCUT2D eigenvalue weighted by Gasteiger charge is -2.33. The maximum atomic E-state index is 12.4. The molecule has 0 radical (unpaired) electrons. The van der Waals surface area contributed by atoms with Crippen LogP contribution in [0.3, 0.4) is 0 Å². The Labute approximate surface area is 157 Å². The number of anilines is 1. The molecule has 2 rings (SSSR count). The number of nitrogens with zero attached hydrogens (tertiary/aromatic N) is 1. The standard InChI is InChI=1S/C19H31N3O3S/c1-14(2)15-6-8-16(9-7-15)20-18(23)22-12-10-17(11-13-22)21-26(24,25)19(3,4)5/h6-9,14,17,21H,10-13H2,1-5H3,(H,20,23). The predicted octanol–water partition coefficient (Wildman–Crippen LogP) is 3.52. The van der Waals surface area contributed by atoms with Gasteiger partial charge in [-0.2, -0.15) is 0 Å². The molecule has 1 saturated heterocycles. The third kappa shape index (κ3) is 5.20. The molecule has 0 aromatic heterocycles. The summed E-state index contributed by atoms with van der Waals surface area (Å²) in [6.07, 6.45) is 1.24. The van der Waals surface area contributed by atoms with Gasteiger partial charge in [-0.25, -0.2) is 17.9 Å². The Bertz CT molecular complexity index is 713. The molecular weight excluding hydrogens is 350 g/mol. The summed E-state index contributed by atoms with van der Waals surface area (Å²) >= 11 is 0. The molecule has 0 spiro atoms. The van der Waals surface area contributed by atoms with Gasteiger partial charge < -0.3 is 10.2 Å². The first-order valence-corrected chi connectivity index (χ1v) is 10.7. The van der Waals surface area contributed by atoms with Gasteiger partial charge in [0.2, 0.25) is 10.0 Å². The number of hydrogen-bond acceptors (Lipinski definition) is 3. The summed E-state index contributed by atoms with van der Waals surface area (Å²) in [6, 6.07) is 7.62. The molecule has 0 unspecified atom stereocenters. The molecular formula is C19H31N3O3S. The van der Waals surface area contributed by atoms with Crippen LogP contribution >= 0.6 is 0 Å². The number of hydrogen-bond donors (Lipinski definition) is 2. The predicted molar refractivity (Wildman–Crippen MR) is 106 cm³/mol. The Morgan fingerprint density at radius 1 is 1.12 bits per heavy atom. The van der Waals surface area contributed by atoms with Gasteiger partial charge in [-0.05, 0) is 57.2 Å². The van der Waals surface area contributed by atoms with E-state index in [0.29, 0.717) is 31.8 Å². The lowest BCUT2D eigenvalue weighted by atomic mass is 10.0. The van der Waals surface area contributed by atoms with E-state index in [2.05, 4.69) is 23.9 Å². The molecule has 26 heavy (non-hydrogen) atoms. The van der Waals surface area contributed by atoms with E-state index in [9.17, 15) is 13.2 Å². The highest BCUT2D eigenvalue weighted by atomic mass is 32.2. The summed E-state index contributed by atoms with van der Waals surface area (Å²) in [6.45, 7) is 10.4. The van der Waals surface area contributed by atoms with Crippen molar-refractivity contribution in [3.05, 3.63) is 29.8 Å². The molecule has 0 atom stereocenters. The third-order valence-electron chi connectivity index (χ3n) is 4.74. The fraction of sp³-hybridized carbons (Fsp3) is 0.632. The summed E-state index contributed by atoms with van der Waals surface area (Å²) in [4.78, 5) is 14.1. The fourth-order valence-electron chi connectivity index (χ4n) is 2.75. The zero-order chi connectivity index (χ0) is 19.5. The Hall–Kier alpha value is -1.60. The number of nitrogens with one attached hydrogen (secondary N) is 2. The summed E-state index contributed by atoms with van der Waals surface area (Å²) in [5.74, 6) is 0.454. The quantitative estimate of drug-likeness (QED) is 0.837. The van der Waals surface area contributed by atoms with Crippen LogP contribution in [-0.4, -0.2) is 43.2 Å². The van der Waals surface area contributed by atoms with Gasteiger partial charge in [0.15, 0.2) is 0 Å². The summed E-state index contributed by atoms with van der Waals surface area (Å²) in [5.41, 5.74) is 2.00. The average molecular weight is 382 g/mol. The normalized spacial score (nSPS) is 16.8. The summed E-state index contributed by atoms with van der Waals surface area (Å²) < 4.78 is 26.4. The first-order valence-electron chi connectivity index (χ1n) is 9.17. The molecule has 0 saturated carbocycles. The molecule has 2 N–H and O–H groups in total. The number of carbonyl (C=O) groups excluding carboxylic acids is 1. The van der Waals surface area contributed by atoms with Crippen molar-refractivity contribution in [2.45, 2.75) is 64.2 Å².